The lowest BCUT2D eigenvalue weighted by molar-refractivity contribution is -0.480. The largest absolute Gasteiger partial charge is 0.423 e. The van der Waals surface area contributed by atoms with Crippen LogP contribution in [0, 0.1) is 10.1 Å². The van der Waals surface area contributed by atoms with Crippen LogP contribution in [0.15, 0.2) is 54.7 Å². The Bertz CT molecular complexity index is 1350. The first-order chi connectivity index (χ1) is 13.8. The molecule has 0 spiro atoms. The molecule has 0 unspecified atom stereocenters. The number of hydrogen-bond acceptors (Lipinski definition) is 6. The van der Waals surface area contributed by atoms with E-state index in [2.05, 4.69) is 0 Å². The van der Waals surface area contributed by atoms with Gasteiger partial charge in [0, 0.05) is 44.2 Å². The lowest BCUT2D eigenvalue weighted by Crippen LogP contribution is -2.22. The topological polar surface area (TPSA) is 99.8 Å². The van der Waals surface area contributed by atoms with Crippen LogP contribution >= 0.6 is 0 Å². The van der Waals surface area contributed by atoms with Gasteiger partial charge in [-0.1, -0.05) is 0 Å². The first-order valence-corrected chi connectivity index (χ1v) is 8.69. The first kappa shape index (κ1) is 18.3. The van der Waals surface area contributed by atoms with Crippen molar-refractivity contribution in [3.8, 4) is 11.5 Å². The average Bonchev–Trinajstić information content (AvgIpc) is 2.66. The van der Waals surface area contributed by atoms with Crippen molar-refractivity contribution in [3.63, 3.8) is 0 Å². The third-order valence-electron chi connectivity index (χ3n) is 4.46. The summed E-state index contributed by atoms with van der Waals surface area (Å²) in [7, 11) is 0. The van der Waals surface area contributed by atoms with Crippen LogP contribution < -0.4 is 13.9 Å². The molecule has 0 saturated heterocycles. The zero-order valence-electron chi connectivity index (χ0n) is 15.5. The molecule has 0 amide bonds. The third-order valence-corrected chi connectivity index (χ3v) is 4.46. The van der Waals surface area contributed by atoms with E-state index in [-0.39, 0.29) is 17.2 Å². The van der Waals surface area contributed by atoms with Crippen LogP contribution in [0.2, 0.25) is 0 Å². The van der Waals surface area contributed by atoms with E-state index in [9.17, 15) is 19.7 Å². The number of fused-ring (bicyclic) bond motifs is 5. The third kappa shape index (κ3) is 3.31. The van der Waals surface area contributed by atoms with E-state index in [0.717, 1.165) is 21.8 Å². The van der Waals surface area contributed by atoms with Crippen LogP contribution in [0.1, 0.15) is 13.8 Å². The number of nitrogens with zero attached hydrogens (tertiary/aromatic N) is 2. The second-order valence-corrected chi connectivity index (χ2v) is 6.48. The highest BCUT2D eigenvalue weighted by atomic mass is 16.6. The van der Waals surface area contributed by atoms with Gasteiger partial charge in [-0.15, -0.1) is 0 Å². The fourth-order valence-electron chi connectivity index (χ4n) is 3.33. The van der Waals surface area contributed by atoms with Crippen LogP contribution in [0.5, 0.6) is 11.5 Å². The van der Waals surface area contributed by atoms with Crippen molar-refractivity contribution in [1.29, 1.82) is 0 Å². The zero-order valence-corrected chi connectivity index (χ0v) is 15.5. The summed E-state index contributed by atoms with van der Waals surface area (Å²) >= 11 is 0. The van der Waals surface area contributed by atoms with Gasteiger partial charge >= 0.3 is 11.9 Å². The summed E-state index contributed by atoms with van der Waals surface area (Å²) in [5.74, 6) is -0.776. The van der Waals surface area contributed by atoms with Crippen molar-refractivity contribution >= 4 is 44.8 Å². The number of rotatable bonds is 3. The van der Waals surface area contributed by atoms with Crippen LogP contribution in [0.3, 0.4) is 0 Å². The normalized spacial score (nSPS) is 11.0. The monoisotopic (exact) mass is 391 g/mol. The Morgan fingerprint density at radius 3 is 2.17 bits per heavy atom. The van der Waals surface area contributed by atoms with Gasteiger partial charge in [0.25, 0.3) is 5.69 Å². The molecule has 0 fully saturated rings. The van der Waals surface area contributed by atoms with E-state index < -0.39 is 16.9 Å². The van der Waals surface area contributed by atoms with Gasteiger partial charge < -0.3 is 9.47 Å². The van der Waals surface area contributed by atoms with Gasteiger partial charge in [0.2, 0.25) is 11.0 Å². The van der Waals surface area contributed by atoms with Crippen molar-refractivity contribution in [2.24, 2.45) is 0 Å². The number of carbonyl (C=O) groups excluding carboxylic acids is 2. The molecule has 29 heavy (non-hydrogen) atoms. The van der Waals surface area contributed by atoms with E-state index >= 15 is 0 Å². The second-order valence-electron chi connectivity index (χ2n) is 6.48. The summed E-state index contributed by atoms with van der Waals surface area (Å²) in [6, 6.07) is 13.4. The molecular weight excluding hydrogens is 376 g/mol. The van der Waals surface area contributed by atoms with Crippen molar-refractivity contribution in [2.75, 3.05) is 0 Å². The van der Waals surface area contributed by atoms with Gasteiger partial charge in [0.05, 0.1) is 15.7 Å². The quantitative estimate of drug-likeness (QED) is 0.132. The van der Waals surface area contributed by atoms with Crippen LogP contribution in [0.25, 0.3) is 27.2 Å². The Morgan fingerprint density at radius 2 is 1.52 bits per heavy atom. The molecule has 0 atom stereocenters. The molecular formula is C21H15N2O6+. The number of nitro groups is 1. The summed E-state index contributed by atoms with van der Waals surface area (Å²) in [6.45, 7) is 2.53. The Kier molecular flexibility index (Phi) is 4.31. The van der Waals surface area contributed by atoms with Gasteiger partial charge in [-0.25, -0.2) is 0 Å². The van der Waals surface area contributed by atoms with Crippen LogP contribution in [-0.4, -0.2) is 16.9 Å². The Labute approximate surface area is 164 Å². The first-order valence-electron chi connectivity index (χ1n) is 8.69. The minimum atomic E-state index is -0.539. The number of pyridine rings is 2. The van der Waals surface area contributed by atoms with E-state index in [1.807, 2.05) is 22.7 Å². The number of hydrogen-bond donors (Lipinski definition) is 0. The molecule has 0 aliphatic heterocycles. The zero-order chi connectivity index (χ0) is 20.7. The molecule has 0 aliphatic rings. The van der Waals surface area contributed by atoms with E-state index in [0.29, 0.717) is 5.39 Å². The van der Waals surface area contributed by atoms with Gasteiger partial charge in [0.15, 0.2) is 17.7 Å². The summed E-state index contributed by atoms with van der Waals surface area (Å²) in [4.78, 5) is 33.5. The van der Waals surface area contributed by atoms with Crippen molar-refractivity contribution < 1.29 is 28.4 Å². The Hall–Kier alpha value is -4.07. The predicted octanol–water partition coefficient (Wildman–Crippen LogP) is 3.49. The maximum atomic E-state index is 11.5. The van der Waals surface area contributed by atoms with Crippen molar-refractivity contribution in [1.82, 2.24) is 0 Å². The minimum Gasteiger partial charge on any atom is -0.423 e. The minimum absolute atomic E-state index is 0.0152. The molecule has 0 bridgehead atoms. The maximum Gasteiger partial charge on any atom is 0.308 e. The smallest absolute Gasteiger partial charge is 0.308 e. The molecule has 2 heterocycles. The SMILES string of the molecule is CC(=O)Oc1cc2cc[n+]3c4ccc([N+](=O)[O-])cc4ccc3c2cc1OC(C)=O. The van der Waals surface area contributed by atoms with Crippen molar-refractivity contribution in [3.05, 3.63) is 64.8 Å². The van der Waals surface area contributed by atoms with E-state index in [4.69, 9.17) is 9.47 Å². The highest BCUT2D eigenvalue weighted by molar-refractivity contribution is 5.98. The number of non-ortho nitro benzene ring substituents is 1. The molecule has 4 rings (SSSR count). The second kappa shape index (κ2) is 6.83. The van der Waals surface area contributed by atoms with Crippen LogP contribution in [0.4, 0.5) is 5.69 Å². The number of aromatic nitrogens is 1. The molecule has 2 aromatic heterocycles. The number of esters is 2. The molecule has 0 saturated carbocycles. The summed E-state index contributed by atoms with van der Waals surface area (Å²) in [5, 5.41) is 13.3. The predicted molar refractivity (Wildman–Crippen MR) is 104 cm³/mol. The fourth-order valence-corrected chi connectivity index (χ4v) is 3.33. The molecule has 8 nitrogen and oxygen atoms in total. The van der Waals surface area contributed by atoms with E-state index in [1.165, 1.54) is 26.0 Å². The molecule has 4 aromatic rings. The molecule has 8 heteroatoms. The molecule has 0 aliphatic carbocycles. The highest BCUT2D eigenvalue weighted by Crippen LogP contribution is 2.34. The summed E-state index contributed by atoms with van der Waals surface area (Å²) in [5.41, 5.74) is 1.60. The van der Waals surface area contributed by atoms with Gasteiger partial charge in [-0.2, -0.15) is 4.40 Å². The molecule has 2 aromatic carbocycles. The average molecular weight is 391 g/mol. The number of ether oxygens (including phenoxy) is 2. The van der Waals surface area contributed by atoms with Crippen LogP contribution in [-0.2, 0) is 9.59 Å². The molecule has 0 N–H and O–H groups in total. The lowest BCUT2D eigenvalue weighted by Gasteiger charge is -2.10. The fraction of sp³-hybridized carbons (Fsp3) is 0.0952. The lowest BCUT2D eigenvalue weighted by atomic mass is 10.1. The number of benzene rings is 2. The number of nitro benzene ring substituents is 1. The van der Waals surface area contributed by atoms with Gasteiger partial charge in [-0.05, 0) is 23.6 Å². The van der Waals surface area contributed by atoms with E-state index in [1.54, 1.807) is 24.3 Å². The van der Waals surface area contributed by atoms with Gasteiger partial charge in [-0.3, -0.25) is 19.7 Å². The molecule has 0 radical (unpaired) electrons. The standard InChI is InChI=1S/C21H15N2O6/c1-12(24)28-20-10-14-7-8-22-18-6-4-16(23(26)27)9-15(18)3-5-19(22)17(14)11-21(20)29-13(2)25/h3-11H,1-2H3/q+1. The highest BCUT2D eigenvalue weighted by Gasteiger charge is 2.19. The summed E-state index contributed by atoms with van der Waals surface area (Å²) < 4.78 is 12.3. The molecule has 144 valence electrons. The maximum absolute atomic E-state index is 11.5. The van der Waals surface area contributed by atoms with Gasteiger partial charge in [0.1, 0.15) is 0 Å². The Morgan fingerprint density at radius 1 is 0.862 bits per heavy atom. The van der Waals surface area contributed by atoms with Crippen molar-refractivity contribution in [2.45, 2.75) is 13.8 Å². The summed E-state index contributed by atoms with van der Waals surface area (Å²) in [6.07, 6.45) is 1.83. The Balaban J connectivity index is 2.00. The number of carbonyl (C=O) groups is 2.